The SMILES string of the molecule is CCCCCCCCC=CCCCCCCCCOC(=O)CN(CC(=O)OCCCCCCCCC=CCCCCCCCC)C(=O)OCCN=Cc1ccc(C(=O)NCCC)cc1. The molecule has 364 valence electrons. The number of amides is 2. The van der Waals surface area contributed by atoms with Crippen molar-refractivity contribution < 1.29 is 33.4 Å². The van der Waals surface area contributed by atoms with Gasteiger partial charge in [0.05, 0.1) is 19.8 Å². The monoisotopic (exact) mass is 894 g/mol. The summed E-state index contributed by atoms with van der Waals surface area (Å²) in [6, 6.07) is 7.06. The molecular formula is C54H91N3O7. The Morgan fingerprint density at radius 2 is 0.906 bits per heavy atom. The number of rotatable bonds is 43. The number of aliphatic imine (C=N–C) groups is 1. The lowest BCUT2D eigenvalue weighted by atomic mass is 10.1. The van der Waals surface area contributed by atoms with Crippen LogP contribution in [0, 0.1) is 0 Å². The molecule has 1 rings (SSSR count). The molecule has 0 heterocycles. The Morgan fingerprint density at radius 1 is 0.500 bits per heavy atom. The normalized spacial score (nSPS) is 11.5. The molecule has 0 spiro atoms. The lowest BCUT2D eigenvalue weighted by Gasteiger charge is -2.20. The number of esters is 2. The molecule has 10 heteroatoms. The second-order valence-corrected chi connectivity index (χ2v) is 17.2. The summed E-state index contributed by atoms with van der Waals surface area (Å²) in [6.45, 7) is 6.99. The van der Waals surface area contributed by atoms with E-state index < -0.39 is 31.1 Å². The number of hydrogen-bond acceptors (Lipinski definition) is 8. The first-order valence-electron chi connectivity index (χ1n) is 25.8. The van der Waals surface area contributed by atoms with Gasteiger partial charge in [0.2, 0.25) is 0 Å². The van der Waals surface area contributed by atoms with Gasteiger partial charge in [0.15, 0.2) is 0 Å². The highest BCUT2D eigenvalue weighted by atomic mass is 16.6. The molecule has 0 aliphatic heterocycles. The van der Waals surface area contributed by atoms with Gasteiger partial charge in [0.1, 0.15) is 19.7 Å². The molecule has 0 radical (unpaired) electrons. The van der Waals surface area contributed by atoms with E-state index in [1.807, 2.05) is 6.92 Å². The fourth-order valence-electron chi connectivity index (χ4n) is 7.17. The quantitative estimate of drug-likeness (QED) is 0.0228. The number of nitrogens with zero attached hydrogens (tertiary/aromatic N) is 2. The van der Waals surface area contributed by atoms with Crippen LogP contribution in [-0.2, 0) is 23.8 Å². The summed E-state index contributed by atoms with van der Waals surface area (Å²) in [7, 11) is 0. The van der Waals surface area contributed by atoms with E-state index in [9.17, 15) is 19.2 Å². The second-order valence-electron chi connectivity index (χ2n) is 17.2. The Labute approximate surface area is 390 Å². The Hall–Kier alpha value is -3.95. The van der Waals surface area contributed by atoms with Gasteiger partial charge < -0.3 is 19.5 Å². The smallest absolute Gasteiger partial charge is 0.410 e. The molecule has 1 aromatic carbocycles. The van der Waals surface area contributed by atoms with Crippen molar-refractivity contribution in [3.8, 4) is 0 Å². The number of carbonyl (C=O) groups is 4. The number of benzene rings is 1. The third-order valence-corrected chi connectivity index (χ3v) is 11.1. The zero-order valence-electron chi connectivity index (χ0n) is 40.9. The van der Waals surface area contributed by atoms with E-state index in [0.29, 0.717) is 12.1 Å². The molecule has 0 unspecified atom stereocenters. The van der Waals surface area contributed by atoms with E-state index >= 15 is 0 Å². The Balaban J connectivity index is 2.40. The predicted molar refractivity (Wildman–Crippen MR) is 265 cm³/mol. The van der Waals surface area contributed by atoms with Crippen molar-refractivity contribution in [3.63, 3.8) is 0 Å². The van der Waals surface area contributed by atoms with Gasteiger partial charge in [-0.3, -0.25) is 24.3 Å². The first-order valence-corrected chi connectivity index (χ1v) is 25.8. The van der Waals surface area contributed by atoms with E-state index in [0.717, 1.165) is 81.1 Å². The number of allylic oxidation sites excluding steroid dienone is 4. The molecule has 1 aromatic rings. The Bertz CT molecular complexity index is 1320. The van der Waals surface area contributed by atoms with Crippen molar-refractivity contribution in [1.82, 2.24) is 10.2 Å². The minimum Gasteiger partial charge on any atom is -0.464 e. The van der Waals surface area contributed by atoms with Gasteiger partial charge in [-0.15, -0.1) is 0 Å². The summed E-state index contributed by atoms with van der Waals surface area (Å²) in [4.78, 5) is 56.2. The average molecular weight is 894 g/mol. The number of hydrogen-bond donors (Lipinski definition) is 1. The first-order chi connectivity index (χ1) is 31.4. The molecule has 0 saturated carbocycles. The zero-order valence-corrected chi connectivity index (χ0v) is 40.9. The molecule has 0 aliphatic rings. The lowest BCUT2D eigenvalue weighted by molar-refractivity contribution is -0.148. The summed E-state index contributed by atoms with van der Waals surface area (Å²) < 4.78 is 16.3. The molecule has 0 saturated heterocycles. The van der Waals surface area contributed by atoms with Gasteiger partial charge in [-0.1, -0.05) is 173 Å². The van der Waals surface area contributed by atoms with Crippen LogP contribution in [0.3, 0.4) is 0 Å². The summed E-state index contributed by atoms with van der Waals surface area (Å²) in [5.74, 6) is -1.29. The number of ether oxygens (including phenoxy) is 3. The van der Waals surface area contributed by atoms with Crippen molar-refractivity contribution in [3.05, 3.63) is 59.7 Å². The summed E-state index contributed by atoms with van der Waals surface area (Å²) in [5.41, 5.74) is 1.37. The van der Waals surface area contributed by atoms with E-state index in [1.165, 1.54) is 116 Å². The van der Waals surface area contributed by atoms with E-state index in [1.54, 1.807) is 30.5 Å². The second kappa shape index (κ2) is 44.3. The van der Waals surface area contributed by atoms with Crippen LogP contribution in [0.5, 0.6) is 0 Å². The van der Waals surface area contributed by atoms with Crippen LogP contribution in [0.2, 0.25) is 0 Å². The van der Waals surface area contributed by atoms with Gasteiger partial charge in [-0.25, -0.2) is 4.79 Å². The van der Waals surface area contributed by atoms with E-state index in [4.69, 9.17) is 14.2 Å². The Kier molecular flexibility index (Phi) is 40.2. The molecule has 0 aliphatic carbocycles. The molecule has 0 bridgehead atoms. The van der Waals surface area contributed by atoms with E-state index in [2.05, 4.69) is 48.5 Å². The highest BCUT2D eigenvalue weighted by Gasteiger charge is 2.23. The van der Waals surface area contributed by atoms with Crippen LogP contribution in [-0.4, -0.2) is 81.1 Å². The summed E-state index contributed by atoms with van der Waals surface area (Å²) in [5, 5.41) is 2.85. The number of nitrogens with one attached hydrogen (secondary N) is 1. The minimum absolute atomic E-state index is 0.0433. The molecule has 0 fully saturated rings. The third-order valence-electron chi connectivity index (χ3n) is 11.1. The van der Waals surface area contributed by atoms with Gasteiger partial charge >= 0.3 is 18.0 Å². The molecule has 2 amide bonds. The van der Waals surface area contributed by atoms with Crippen LogP contribution in [0.4, 0.5) is 4.79 Å². The highest BCUT2D eigenvalue weighted by molar-refractivity contribution is 5.95. The maximum absolute atomic E-state index is 13.1. The van der Waals surface area contributed by atoms with Gasteiger partial charge in [-0.05, 0) is 88.3 Å². The third kappa shape index (κ3) is 36.4. The largest absolute Gasteiger partial charge is 0.464 e. The maximum Gasteiger partial charge on any atom is 0.410 e. The van der Waals surface area contributed by atoms with Crippen molar-refractivity contribution in [2.45, 2.75) is 207 Å². The van der Waals surface area contributed by atoms with Crippen molar-refractivity contribution in [2.24, 2.45) is 4.99 Å². The van der Waals surface area contributed by atoms with Gasteiger partial charge in [0.25, 0.3) is 5.91 Å². The molecule has 0 aromatic heterocycles. The molecule has 0 atom stereocenters. The fourth-order valence-corrected chi connectivity index (χ4v) is 7.17. The van der Waals surface area contributed by atoms with Crippen molar-refractivity contribution >= 4 is 30.2 Å². The summed E-state index contributed by atoms with van der Waals surface area (Å²) in [6.07, 6.45) is 44.5. The number of unbranched alkanes of at least 4 members (excludes halogenated alkanes) is 24. The maximum atomic E-state index is 13.1. The van der Waals surface area contributed by atoms with E-state index in [-0.39, 0.29) is 32.3 Å². The van der Waals surface area contributed by atoms with Crippen LogP contribution < -0.4 is 5.32 Å². The molecule has 1 N–H and O–H groups in total. The average Bonchev–Trinajstić information content (AvgIpc) is 3.30. The van der Waals surface area contributed by atoms with Crippen LogP contribution in [0.15, 0.2) is 53.6 Å². The standard InChI is InChI=1S/C54H91N3O7/c1-4-7-9-11-13-15-17-19-21-23-25-27-29-31-33-35-43-62-51(58)47-57(54(61)64-45-42-55-46-49-37-39-50(40-38-49)53(60)56-41-6-3)48-52(59)63-44-36-34-32-30-28-26-24-22-20-18-16-14-12-10-8-5-2/h19-22,37-40,46H,4-18,23-36,41-45,47-48H2,1-3H3,(H,56,60). The zero-order chi connectivity index (χ0) is 46.4. The lowest BCUT2D eigenvalue weighted by Crippen LogP contribution is -2.41. The minimum atomic E-state index is -0.805. The van der Waals surface area contributed by atoms with Crippen molar-refractivity contribution in [2.75, 3.05) is 46.0 Å². The molecular weight excluding hydrogens is 803 g/mol. The topological polar surface area (TPSA) is 124 Å². The van der Waals surface area contributed by atoms with Gasteiger partial charge in [0, 0.05) is 18.3 Å². The van der Waals surface area contributed by atoms with Crippen LogP contribution >= 0.6 is 0 Å². The highest BCUT2D eigenvalue weighted by Crippen LogP contribution is 2.12. The van der Waals surface area contributed by atoms with Gasteiger partial charge in [-0.2, -0.15) is 0 Å². The predicted octanol–water partition coefficient (Wildman–Crippen LogP) is 13.8. The fraction of sp³-hybridized carbons (Fsp3) is 0.722. The molecule has 64 heavy (non-hydrogen) atoms. The Morgan fingerprint density at radius 3 is 1.33 bits per heavy atom. The number of carbonyl (C=O) groups excluding carboxylic acids is 4. The van der Waals surface area contributed by atoms with Crippen molar-refractivity contribution in [1.29, 1.82) is 0 Å². The van der Waals surface area contributed by atoms with Crippen LogP contribution in [0.25, 0.3) is 0 Å². The molecule has 10 nitrogen and oxygen atoms in total. The van der Waals surface area contributed by atoms with Crippen LogP contribution in [0.1, 0.15) is 223 Å². The summed E-state index contributed by atoms with van der Waals surface area (Å²) >= 11 is 0. The first kappa shape index (κ1) is 58.1.